The molecule has 290 valence electrons. The van der Waals surface area contributed by atoms with Gasteiger partial charge in [-0.15, -0.1) is 0 Å². The summed E-state index contributed by atoms with van der Waals surface area (Å²) in [5.74, 6) is 0.617. The molecular weight excluding hydrogens is 617 g/mol. The molecule has 1 N–H and O–H groups in total. The lowest BCUT2D eigenvalue weighted by Crippen LogP contribution is -1.97. The van der Waals surface area contributed by atoms with Crippen LogP contribution >= 0.6 is 0 Å². The Morgan fingerprint density at radius 3 is 0.765 bits per heavy atom. The number of allylic oxidation sites excluding steroid dienone is 18. The van der Waals surface area contributed by atoms with Crippen molar-refractivity contribution in [3.05, 3.63) is 105 Å². The van der Waals surface area contributed by atoms with E-state index >= 15 is 0 Å². The number of rotatable bonds is 29. The van der Waals surface area contributed by atoms with Crippen molar-refractivity contribution in [2.45, 2.75) is 198 Å². The smallest absolute Gasteiger partial charge is 0.0433 e. The topological polar surface area (TPSA) is 20.2 Å². The molecule has 0 aromatic heterocycles. The lowest BCUT2D eigenvalue weighted by atomic mass is 10.0. The average molecular weight is 701 g/mol. The zero-order valence-corrected chi connectivity index (χ0v) is 35.9. The van der Waals surface area contributed by atoms with Crippen LogP contribution in [0.2, 0.25) is 0 Å². The normalized spacial score (nSPS) is 15.1. The van der Waals surface area contributed by atoms with Gasteiger partial charge in [-0.05, 0) is 197 Å². The predicted octanol–water partition coefficient (Wildman–Crippen LogP) is 16.6. The quantitative estimate of drug-likeness (QED) is 0.0770. The van der Waals surface area contributed by atoms with E-state index in [9.17, 15) is 0 Å². The first-order valence-corrected chi connectivity index (χ1v) is 20.8. The molecule has 1 atom stereocenters. The van der Waals surface area contributed by atoms with E-state index in [0.29, 0.717) is 12.5 Å². The van der Waals surface area contributed by atoms with Gasteiger partial charge >= 0.3 is 0 Å². The van der Waals surface area contributed by atoms with Crippen molar-refractivity contribution in [3.63, 3.8) is 0 Å². The second kappa shape index (κ2) is 32.3. The van der Waals surface area contributed by atoms with E-state index < -0.39 is 0 Å². The molecular formula is C50H84O. The van der Waals surface area contributed by atoms with Gasteiger partial charge in [0.2, 0.25) is 0 Å². The van der Waals surface area contributed by atoms with Crippen molar-refractivity contribution in [2.24, 2.45) is 5.92 Å². The van der Waals surface area contributed by atoms with E-state index in [2.05, 4.69) is 131 Å². The van der Waals surface area contributed by atoms with Gasteiger partial charge in [0.1, 0.15) is 0 Å². The molecule has 0 bridgehead atoms. The molecule has 51 heavy (non-hydrogen) atoms. The Morgan fingerprint density at radius 1 is 0.333 bits per heavy atom. The molecule has 1 unspecified atom stereocenters. The van der Waals surface area contributed by atoms with Crippen LogP contribution in [0.3, 0.4) is 0 Å². The molecule has 1 nitrogen and oxygen atoms in total. The highest BCUT2D eigenvalue weighted by molar-refractivity contribution is 5.10. The second-order valence-corrected chi connectivity index (χ2v) is 16.2. The van der Waals surface area contributed by atoms with Gasteiger partial charge in [0.05, 0.1) is 0 Å². The molecule has 0 aliphatic heterocycles. The second-order valence-electron chi connectivity index (χ2n) is 16.2. The van der Waals surface area contributed by atoms with Crippen LogP contribution in [0, 0.1) is 5.92 Å². The lowest BCUT2D eigenvalue weighted by molar-refractivity contribution is 0.259. The standard InChI is InChI=1S/C50H84O/c1-41(2)21-12-22-42(3)23-13-24-43(4)25-14-26-44(5)27-15-28-45(6)29-16-30-46(7)31-17-32-47(8)33-18-34-48(9)35-19-36-49(10)37-20-38-50(11)39-40-51/h21,23,25,27,29,31,33,35,37,50-51H,12-20,22,24,26,28,30,32,34,36,38-40H2,1-11H3/b42-23+,43-25+,44-27+,45-29+,46-31+,47-33+,48-35+,49-37+. The maximum absolute atomic E-state index is 9.05. The Bertz CT molecular complexity index is 1200. The van der Waals surface area contributed by atoms with Crippen LogP contribution in [0.25, 0.3) is 0 Å². The van der Waals surface area contributed by atoms with Gasteiger partial charge in [-0.1, -0.05) is 112 Å². The van der Waals surface area contributed by atoms with Gasteiger partial charge in [-0.3, -0.25) is 0 Å². The number of aliphatic hydroxyl groups is 1. The first-order chi connectivity index (χ1) is 24.3. The van der Waals surface area contributed by atoms with Crippen LogP contribution in [0.15, 0.2) is 105 Å². The van der Waals surface area contributed by atoms with Crippen molar-refractivity contribution < 1.29 is 5.11 Å². The third-order valence-corrected chi connectivity index (χ3v) is 10.1. The molecule has 0 saturated heterocycles. The monoisotopic (exact) mass is 701 g/mol. The molecule has 1 heteroatoms. The highest BCUT2D eigenvalue weighted by atomic mass is 16.3. The molecule has 0 aromatic rings. The van der Waals surface area contributed by atoms with Crippen LogP contribution in [0.5, 0.6) is 0 Å². The fourth-order valence-corrected chi connectivity index (χ4v) is 6.21. The van der Waals surface area contributed by atoms with Gasteiger partial charge < -0.3 is 5.11 Å². The first kappa shape index (κ1) is 48.6. The Hall–Kier alpha value is -2.38. The summed E-state index contributed by atoms with van der Waals surface area (Å²) < 4.78 is 0. The van der Waals surface area contributed by atoms with E-state index in [4.69, 9.17) is 5.11 Å². The Kier molecular flexibility index (Phi) is 30.8. The van der Waals surface area contributed by atoms with Crippen LogP contribution in [-0.4, -0.2) is 11.7 Å². The van der Waals surface area contributed by atoms with E-state index in [1.165, 1.54) is 114 Å². The van der Waals surface area contributed by atoms with Crippen LogP contribution < -0.4 is 0 Å². The summed E-state index contributed by atoms with van der Waals surface area (Å²) in [5.41, 5.74) is 13.6. The molecule has 0 spiro atoms. The van der Waals surface area contributed by atoms with E-state index in [-0.39, 0.29) is 0 Å². The van der Waals surface area contributed by atoms with Gasteiger partial charge in [-0.25, -0.2) is 0 Å². The third-order valence-electron chi connectivity index (χ3n) is 10.1. The lowest BCUT2D eigenvalue weighted by Gasteiger charge is -2.07. The molecule has 0 radical (unpaired) electrons. The summed E-state index contributed by atoms with van der Waals surface area (Å²) >= 11 is 0. The maximum Gasteiger partial charge on any atom is 0.0433 e. The third kappa shape index (κ3) is 33.2. The van der Waals surface area contributed by atoms with Crippen LogP contribution in [0.4, 0.5) is 0 Å². The summed E-state index contributed by atoms with van der Waals surface area (Å²) in [6, 6.07) is 0. The average Bonchev–Trinajstić information content (AvgIpc) is 3.04. The molecule has 0 amide bonds. The van der Waals surface area contributed by atoms with Gasteiger partial charge in [0.15, 0.2) is 0 Å². The van der Waals surface area contributed by atoms with Crippen LogP contribution in [-0.2, 0) is 0 Å². The summed E-state index contributed by atoms with van der Waals surface area (Å²) in [5, 5.41) is 9.05. The minimum absolute atomic E-state index is 0.312. The SMILES string of the molecule is CC(C)=CCC/C(C)=C/CC/C(C)=C/CC/C(C)=C/CC/C(C)=C/CC/C(C)=C/CC/C(C)=C/CC/C(C)=C/CC/C(C)=C/CCC(C)CCO. The van der Waals surface area contributed by atoms with Crippen molar-refractivity contribution in [2.75, 3.05) is 6.61 Å². The predicted molar refractivity (Wildman–Crippen MR) is 233 cm³/mol. The fraction of sp³-hybridized carbons (Fsp3) is 0.640. The first-order valence-electron chi connectivity index (χ1n) is 20.8. The van der Waals surface area contributed by atoms with E-state index in [1.54, 1.807) is 0 Å². The Balaban J connectivity index is 4.22. The Labute approximate surface area is 319 Å². The fourth-order valence-electron chi connectivity index (χ4n) is 6.21. The van der Waals surface area contributed by atoms with Crippen molar-refractivity contribution in [1.82, 2.24) is 0 Å². The van der Waals surface area contributed by atoms with Gasteiger partial charge in [0.25, 0.3) is 0 Å². The summed E-state index contributed by atoms with van der Waals surface area (Å²) in [4.78, 5) is 0. The summed E-state index contributed by atoms with van der Waals surface area (Å²) in [6.07, 6.45) is 43.8. The van der Waals surface area contributed by atoms with Crippen molar-refractivity contribution >= 4 is 0 Å². The van der Waals surface area contributed by atoms with Crippen molar-refractivity contribution in [3.8, 4) is 0 Å². The number of hydrogen-bond acceptors (Lipinski definition) is 1. The molecule has 0 saturated carbocycles. The molecule has 0 aliphatic rings. The molecule has 0 heterocycles. The van der Waals surface area contributed by atoms with E-state index in [1.807, 2.05) is 0 Å². The highest BCUT2D eigenvalue weighted by Crippen LogP contribution is 2.18. The maximum atomic E-state index is 9.05. The molecule has 0 aliphatic carbocycles. The minimum atomic E-state index is 0.312. The van der Waals surface area contributed by atoms with Crippen LogP contribution in [0.1, 0.15) is 198 Å². The number of hydrogen-bond donors (Lipinski definition) is 1. The van der Waals surface area contributed by atoms with Gasteiger partial charge in [-0.2, -0.15) is 0 Å². The summed E-state index contributed by atoms with van der Waals surface area (Å²) in [7, 11) is 0. The molecule has 0 fully saturated rings. The van der Waals surface area contributed by atoms with Gasteiger partial charge in [0, 0.05) is 6.61 Å². The zero-order valence-electron chi connectivity index (χ0n) is 35.9. The largest absolute Gasteiger partial charge is 0.396 e. The zero-order chi connectivity index (χ0) is 38.3. The van der Waals surface area contributed by atoms with Crippen molar-refractivity contribution in [1.29, 1.82) is 0 Å². The summed E-state index contributed by atoms with van der Waals surface area (Å²) in [6.45, 7) is 25.2. The molecule has 0 aromatic carbocycles. The molecule has 0 rings (SSSR count). The minimum Gasteiger partial charge on any atom is -0.396 e. The highest BCUT2D eigenvalue weighted by Gasteiger charge is 2.00. The number of aliphatic hydroxyl groups excluding tert-OH is 1. The Morgan fingerprint density at radius 2 is 0.549 bits per heavy atom. The van der Waals surface area contributed by atoms with E-state index in [0.717, 1.165) is 57.8 Å².